The molecule has 2 rings (SSSR count). The third-order valence-electron chi connectivity index (χ3n) is 3.28. The largest absolute Gasteiger partial charge is 0.398 e. The van der Waals surface area contributed by atoms with Gasteiger partial charge in [-0.25, -0.2) is 4.39 Å². The van der Waals surface area contributed by atoms with Gasteiger partial charge in [0.1, 0.15) is 5.82 Å². The first kappa shape index (κ1) is 11.4. The van der Waals surface area contributed by atoms with Crippen molar-refractivity contribution in [2.45, 2.75) is 26.3 Å². The van der Waals surface area contributed by atoms with Crippen molar-refractivity contribution in [1.82, 2.24) is 4.90 Å². The number of likely N-dealkylation sites (tertiary alicyclic amines) is 1. The zero-order valence-corrected chi connectivity index (χ0v) is 9.75. The standard InChI is InChI=1S/C13H19FN2/c1-10-4-3-7-16(8-10)9-11-12(14)5-2-6-13(11)15/h2,5-6,10H,3-4,7-9,15H2,1H3. The van der Waals surface area contributed by atoms with Gasteiger partial charge in [-0.15, -0.1) is 0 Å². The normalized spacial score (nSPS) is 22.2. The number of anilines is 1. The zero-order valence-electron chi connectivity index (χ0n) is 9.75. The van der Waals surface area contributed by atoms with Crippen molar-refractivity contribution in [3.05, 3.63) is 29.6 Å². The van der Waals surface area contributed by atoms with E-state index in [0.717, 1.165) is 13.1 Å². The molecule has 1 aromatic rings. The third kappa shape index (κ3) is 2.53. The van der Waals surface area contributed by atoms with Gasteiger partial charge in [0.25, 0.3) is 0 Å². The van der Waals surface area contributed by atoms with Crippen molar-refractivity contribution in [1.29, 1.82) is 0 Å². The van der Waals surface area contributed by atoms with E-state index in [1.54, 1.807) is 12.1 Å². The van der Waals surface area contributed by atoms with Crippen molar-refractivity contribution < 1.29 is 4.39 Å². The molecule has 0 spiro atoms. The fraction of sp³-hybridized carbons (Fsp3) is 0.538. The summed E-state index contributed by atoms with van der Waals surface area (Å²) in [5.41, 5.74) is 7.02. The van der Waals surface area contributed by atoms with Gasteiger partial charge in [-0.3, -0.25) is 4.90 Å². The van der Waals surface area contributed by atoms with Gasteiger partial charge in [-0.1, -0.05) is 13.0 Å². The number of halogens is 1. The second-order valence-corrected chi connectivity index (χ2v) is 4.79. The molecule has 16 heavy (non-hydrogen) atoms. The van der Waals surface area contributed by atoms with Gasteiger partial charge in [-0.05, 0) is 37.4 Å². The minimum atomic E-state index is -0.182. The fourth-order valence-electron chi connectivity index (χ4n) is 2.40. The van der Waals surface area contributed by atoms with E-state index in [2.05, 4.69) is 11.8 Å². The van der Waals surface area contributed by atoms with Crippen LogP contribution in [-0.2, 0) is 6.54 Å². The Morgan fingerprint density at radius 1 is 1.50 bits per heavy atom. The Labute approximate surface area is 96.2 Å². The number of hydrogen-bond acceptors (Lipinski definition) is 2. The van der Waals surface area contributed by atoms with Crippen LogP contribution in [0, 0.1) is 11.7 Å². The molecule has 0 amide bonds. The van der Waals surface area contributed by atoms with E-state index in [4.69, 9.17) is 5.73 Å². The zero-order chi connectivity index (χ0) is 11.5. The summed E-state index contributed by atoms with van der Waals surface area (Å²) in [4.78, 5) is 2.29. The third-order valence-corrected chi connectivity index (χ3v) is 3.28. The molecule has 1 aliphatic rings. The first-order valence-electron chi connectivity index (χ1n) is 5.92. The molecule has 1 unspecified atom stereocenters. The van der Waals surface area contributed by atoms with Gasteiger partial charge in [0, 0.05) is 24.3 Å². The monoisotopic (exact) mass is 222 g/mol. The minimum Gasteiger partial charge on any atom is -0.398 e. The predicted molar refractivity (Wildman–Crippen MR) is 64.5 cm³/mol. The van der Waals surface area contributed by atoms with Crippen LogP contribution < -0.4 is 5.73 Å². The minimum absolute atomic E-state index is 0.182. The summed E-state index contributed by atoms with van der Waals surface area (Å²) in [6.07, 6.45) is 2.48. The maximum Gasteiger partial charge on any atom is 0.129 e. The van der Waals surface area contributed by atoms with E-state index < -0.39 is 0 Å². The van der Waals surface area contributed by atoms with E-state index in [1.807, 2.05) is 0 Å². The Kier molecular flexibility index (Phi) is 3.44. The molecular formula is C13H19FN2. The number of hydrogen-bond donors (Lipinski definition) is 1. The number of benzene rings is 1. The summed E-state index contributed by atoms with van der Waals surface area (Å²) in [6.45, 7) is 4.99. The van der Waals surface area contributed by atoms with Crippen LogP contribution in [0.5, 0.6) is 0 Å². The predicted octanol–water partition coefficient (Wildman–Crippen LogP) is 2.64. The molecule has 2 nitrogen and oxygen atoms in total. The molecule has 0 radical (unpaired) electrons. The summed E-state index contributed by atoms with van der Waals surface area (Å²) in [5, 5.41) is 0. The lowest BCUT2D eigenvalue weighted by atomic mass is 9.99. The second-order valence-electron chi connectivity index (χ2n) is 4.79. The molecule has 3 heteroatoms. The number of rotatable bonds is 2. The lowest BCUT2D eigenvalue weighted by Crippen LogP contribution is -2.34. The topological polar surface area (TPSA) is 29.3 Å². The Morgan fingerprint density at radius 3 is 3.00 bits per heavy atom. The van der Waals surface area contributed by atoms with Crippen LogP contribution in [-0.4, -0.2) is 18.0 Å². The van der Waals surface area contributed by atoms with Gasteiger partial charge in [0.15, 0.2) is 0 Å². The molecule has 0 aromatic heterocycles. The van der Waals surface area contributed by atoms with Crippen molar-refractivity contribution >= 4 is 5.69 Å². The molecule has 0 bridgehead atoms. The molecule has 1 aliphatic heterocycles. The van der Waals surface area contributed by atoms with Crippen LogP contribution in [0.1, 0.15) is 25.3 Å². The molecular weight excluding hydrogens is 203 g/mol. The SMILES string of the molecule is CC1CCCN(Cc2c(N)cccc2F)C1. The van der Waals surface area contributed by atoms with Crippen molar-refractivity contribution in [2.24, 2.45) is 5.92 Å². The van der Waals surface area contributed by atoms with Crippen LogP contribution in [0.25, 0.3) is 0 Å². The molecule has 1 atom stereocenters. The van der Waals surface area contributed by atoms with Gasteiger partial charge >= 0.3 is 0 Å². The van der Waals surface area contributed by atoms with Gasteiger partial charge in [0.05, 0.1) is 0 Å². The van der Waals surface area contributed by atoms with E-state index in [9.17, 15) is 4.39 Å². The number of nitrogens with zero attached hydrogens (tertiary/aromatic N) is 1. The first-order chi connectivity index (χ1) is 7.66. The van der Waals surface area contributed by atoms with E-state index in [1.165, 1.54) is 18.9 Å². The molecule has 1 fully saturated rings. The molecule has 2 N–H and O–H groups in total. The Bertz CT molecular complexity index is 345. The number of piperidine rings is 1. The molecule has 0 aliphatic carbocycles. The average Bonchev–Trinajstić information content (AvgIpc) is 2.24. The summed E-state index contributed by atoms with van der Waals surface area (Å²) >= 11 is 0. The van der Waals surface area contributed by atoms with Crippen LogP contribution >= 0.6 is 0 Å². The van der Waals surface area contributed by atoms with Crippen molar-refractivity contribution in [3.63, 3.8) is 0 Å². The number of nitrogen functional groups attached to an aromatic ring is 1. The van der Waals surface area contributed by atoms with Crippen LogP contribution in [0.4, 0.5) is 10.1 Å². The highest BCUT2D eigenvalue weighted by Crippen LogP contribution is 2.22. The lowest BCUT2D eigenvalue weighted by Gasteiger charge is -2.31. The van der Waals surface area contributed by atoms with Crippen LogP contribution in [0.3, 0.4) is 0 Å². The van der Waals surface area contributed by atoms with Gasteiger partial charge < -0.3 is 5.73 Å². The summed E-state index contributed by atoms with van der Waals surface area (Å²) in [6, 6.07) is 4.91. The summed E-state index contributed by atoms with van der Waals surface area (Å²) in [5.74, 6) is 0.528. The smallest absolute Gasteiger partial charge is 0.129 e. The fourth-order valence-corrected chi connectivity index (χ4v) is 2.40. The van der Waals surface area contributed by atoms with E-state index in [0.29, 0.717) is 23.7 Å². The summed E-state index contributed by atoms with van der Waals surface area (Å²) < 4.78 is 13.6. The molecule has 1 saturated heterocycles. The van der Waals surface area contributed by atoms with Gasteiger partial charge in [-0.2, -0.15) is 0 Å². The van der Waals surface area contributed by atoms with Crippen LogP contribution in [0.15, 0.2) is 18.2 Å². The second kappa shape index (κ2) is 4.83. The Morgan fingerprint density at radius 2 is 2.31 bits per heavy atom. The lowest BCUT2D eigenvalue weighted by molar-refractivity contribution is 0.175. The highest BCUT2D eigenvalue weighted by atomic mass is 19.1. The van der Waals surface area contributed by atoms with Crippen molar-refractivity contribution in [3.8, 4) is 0 Å². The molecule has 0 saturated carbocycles. The maximum absolute atomic E-state index is 13.6. The highest BCUT2D eigenvalue weighted by molar-refractivity contribution is 5.47. The first-order valence-corrected chi connectivity index (χ1v) is 5.92. The number of nitrogens with two attached hydrogens (primary N) is 1. The highest BCUT2D eigenvalue weighted by Gasteiger charge is 2.18. The Balaban J connectivity index is 2.08. The van der Waals surface area contributed by atoms with Crippen LogP contribution in [0.2, 0.25) is 0 Å². The van der Waals surface area contributed by atoms with E-state index >= 15 is 0 Å². The Hall–Kier alpha value is -1.09. The maximum atomic E-state index is 13.6. The molecule has 1 heterocycles. The quantitative estimate of drug-likeness (QED) is 0.779. The van der Waals surface area contributed by atoms with E-state index in [-0.39, 0.29) is 5.82 Å². The van der Waals surface area contributed by atoms with Crippen molar-refractivity contribution in [2.75, 3.05) is 18.8 Å². The molecule has 88 valence electrons. The summed E-state index contributed by atoms with van der Waals surface area (Å²) in [7, 11) is 0. The van der Waals surface area contributed by atoms with Gasteiger partial charge in [0.2, 0.25) is 0 Å². The average molecular weight is 222 g/mol. The molecule has 1 aromatic carbocycles.